The first kappa shape index (κ1) is 16.9. The Morgan fingerprint density at radius 2 is 1.73 bits per heavy atom. The highest BCUT2D eigenvalue weighted by Gasteiger charge is 2.30. The van der Waals surface area contributed by atoms with E-state index in [2.05, 4.69) is 26.1 Å². The topological polar surface area (TPSA) is 38.3 Å². The molecule has 1 aromatic rings. The highest BCUT2D eigenvalue weighted by atomic mass is 16.5. The zero-order chi connectivity index (χ0) is 16.2. The Morgan fingerprint density at radius 3 is 2.27 bits per heavy atom. The zero-order valence-electron chi connectivity index (χ0n) is 14.3. The Balaban J connectivity index is 1.71. The fourth-order valence-corrected chi connectivity index (χ4v) is 3.16. The van der Waals surface area contributed by atoms with E-state index in [-0.39, 0.29) is 12.5 Å². The summed E-state index contributed by atoms with van der Waals surface area (Å²) >= 11 is 0. The summed E-state index contributed by atoms with van der Waals surface area (Å²) in [5, 5.41) is 3.11. The van der Waals surface area contributed by atoms with Crippen molar-refractivity contribution in [1.82, 2.24) is 5.32 Å². The maximum atomic E-state index is 12.0. The van der Waals surface area contributed by atoms with Gasteiger partial charge in [-0.15, -0.1) is 0 Å². The predicted molar refractivity (Wildman–Crippen MR) is 90.0 cm³/mol. The Labute approximate surface area is 134 Å². The van der Waals surface area contributed by atoms with Crippen LogP contribution in [0.1, 0.15) is 52.0 Å². The second-order valence-electron chi connectivity index (χ2n) is 7.58. The molecular formula is C19H29NO2. The molecule has 1 saturated carbocycles. The van der Waals surface area contributed by atoms with Gasteiger partial charge in [-0.1, -0.05) is 38.5 Å². The Morgan fingerprint density at radius 1 is 1.14 bits per heavy atom. The normalized spacial score (nSPS) is 22.2. The largest absolute Gasteiger partial charge is 0.484 e. The molecule has 0 aromatic heterocycles. The van der Waals surface area contributed by atoms with E-state index in [9.17, 15) is 4.79 Å². The van der Waals surface area contributed by atoms with Crippen molar-refractivity contribution in [2.24, 2.45) is 11.3 Å². The molecule has 0 unspecified atom stereocenters. The van der Waals surface area contributed by atoms with Crippen LogP contribution in [0.2, 0.25) is 0 Å². The van der Waals surface area contributed by atoms with Gasteiger partial charge >= 0.3 is 0 Å². The quantitative estimate of drug-likeness (QED) is 0.909. The summed E-state index contributed by atoms with van der Waals surface area (Å²) in [7, 11) is 0. The molecule has 1 aromatic carbocycles. The zero-order valence-corrected chi connectivity index (χ0v) is 14.3. The molecule has 1 aliphatic carbocycles. The fraction of sp³-hybridized carbons (Fsp3) is 0.632. The minimum absolute atomic E-state index is 0.0141. The van der Waals surface area contributed by atoms with Gasteiger partial charge in [0.2, 0.25) is 0 Å². The first-order chi connectivity index (χ1) is 10.3. The standard InChI is InChI=1S/C19H29NO2/c1-14-5-11-17(12-6-14)22-13-18(21)20-16-9-7-15(8-10-16)19(2,3)4/h5-6,11-12,15-16H,7-10,13H2,1-4H3,(H,20,21). The van der Waals surface area contributed by atoms with Crippen molar-refractivity contribution in [3.05, 3.63) is 29.8 Å². The van der Waals surface area contributed by atoms with Crippen LogP contribution in [0.4, 0.5) is 0 Å². The SMILES string of the molecule is Cc1ccc(OCC(=O)NC2CCC(C(C)(C)C)CC2)cc1. The van der Waals surface area contributed by atoms with Crippen molar-refractivity contribution in [1.29, 1.82) is 0 Å². The van der Waals surface area contributed by atoms with E-state index in [1.165, 1.54) is 18.4 Å². The number of hydrogen-bond donors (Lipinski definition) is 1. The van der Waals surface area contributed by atoms with Gasteiger partial charge in [-0.25, -0.2) is 0 Å². The van der Waals surface area contributed by atoms with Gasteiger partial charge in [0, 0.05) is 6.04 Å². The first-order valence-corrected chi connectivity index (χ1v) is 8.33. The van der Waals surface area contributed by atoms with E-state index in [1.54, 1.807) is 0 Å². The van der Waals surface area contributed by atoms with Gasteiger partial charge in [-0.05, 0) is 56.1 Å². The van der Waals surface area contributed by atoms with Crippen LogP contribution in [0.15, 0.2) is 24.3 Å². The maximum absolute atomic E-state index is 12.0. The van der Waals surface area contributed by atoms with E-state index in [0.717, 1.165) is 24.5 Å². The molecule has 2 rings (SSSR count). The molecule has 0 aliphatic heterocycles. The minimum atomic E-state index is -0.0141. The van der Waals surface area contributed by atoms with Crippen LogP contribution in [-0.2, 0) is 4.79 Å². The molecule has 0 saturated heterocycles. The molecule has 1 fully saturated rings. The van der Waals surface area contributed by atoms with Gasteiger partial charge in [0.15, 0.2) is 6.61 Å². The van der Waals surface area contributed by atoms with Crippen LogP contribution in [0.3, 0.4) is 0 Å². The van der Waals surface area contributed by atoms with E-state index in [1.807, 2.05) is 31.2 Å². The van der Waals surface area contributed by atoms with E-state index in [4.69, 9.17) is 4.74 Å². The number of carbonyl (C=O) groups is 1. The fourth-order valence-electron chi connectivity index (χ4n) is 3.16. The van der Waals surface area contributed by atoms with Crippen LogP contribution in [-0.4, -0.2) is 18.6 Å². The van der Waals surface area contributed by atoms with E-state index >= 15 is 0 Å². The lowest BCUT2D eigenvalue weighted by molar-refractivity contribution is -0.124. The summed E-state index contributed by atoms with van der Waals surface area (Å²) < 4.78 is 5.53. The molecule has 0 bridgehead atoms. The predicted octanol–water partition coefficient (Wildman–Crippen LogP) is 4.09. The summed E-state index contributed by atoms with van der Waals surface area (Å²) in [6, 6.07) is 8.09. The van der Waals surface area contributed by atoms with Crippen molar-refractivity contribution in [2.75, 3.05) is 6.61 Å². The Kier molecular flexibility index (Phi) is 5.49. The minimum Gasteiger partial charge on any atom is -0.484 e. The number of benzene rings is 1. The lowest BCUT2D eigenvalue weighted by Crippen LogP contribution is -2.41. The van der Waals surface area contributed by atoms with Crippen molar-refractivity contribution in [3.63, 3.8) is 0 Å². The average Bonchev–Trinajstić information content (AvgIpc) is 2.46. The van der Waals surface area contributed by atoms with Crippen molar-refractivity contribution < 1.29 is 9.53 Å². The molecule has 0 atom stereocenters. The number of carbonyl (C=O) groups excluding carboxylic acids is 1. The van der Waals surface area contributed by atoms with E-state index < -0.39 is 0 Å². The molecular weight excluding hydrogens is 274 g/mol. The van der Waals surface area contributed by atoms with E-state index in [0.29, 0.717) is 11.5 Å². The van der Waals surface area contributed by atoms with Crippen LogP contribution in [0, 0.1) is 18.3 Å². The number of rotatable bonds is 4. The lowest BCUT2D eigenvalue weighted by atomic mass is 9.71. The van der Waals surface area contributed by atoms with Crippen molar-refractivity contribution >= 4 is 5.91 Å². The summed E-state index contributed by atoms with van der Waals surface area (Å²) in [6.07, 6.45) is 4.57. The molecule has 0 spiro atoms. The molecule has 1 aliphatic rings. The number of aryl methyl sites for hydroxylation is 1. The third-order valence-corrected chi connectivity index (χ3v) is 4.71. The third-order valence-electron chi connectivity index (χ3n) is 4.71. The van der Waals surface area contributed by atoms with Gasteiger partial charge in [-0.3, -0.25) is 4.79 Å². The van der Waals surface area contributed by atoms with Gasteiger partial charge in [0.1, 0.15) is 5.75 Å². The summed E-state index contributed by atoms with van der Waals surface area (Å²) in [5.74, 6) is 1.50. The molecule has 0 heterocycles. The average molecular weight is 303 g/mol. The van der Waals surface area contributed by atoms with Gasteiger partial charge in [0.25, 0.3) is 5.91 Å². The molecule has 0 radical (unpaired) electrons. The third kappa shape index (κ3) is 5.04. The van der Waals surface area contributed by atoms with Crippen molar-refractivity contribution in [3.8, 4) is 5.75 Å². The smallest absolute Gasteiger partial charge is 0.258 e. The number of hydrogen-bond acceptors (Lipinski definition) is 2. The second-order valence-corrected chi connectivity index (χ2v) is 7.58. The van der Waals surface area contributed by atoms with Gasteiger partial charge in [-0.2, -0.15) is 0 Å². The molecule has 3 nitrogen and oxygen atoms in total. The Hall–Kier alpha value is -1.51. The highest BCUT2D eigenvalue weighted by Crippen LogP contribution is 2.37. The lowest BCUT2D eigenvalue weighted by Gasteiger charge is -2.37. The summed E-state index contributed by atoms with van der Waals surface area (Å²) in [4.78, 5) is 12.0. The molecule has 1 amide bonds. The summed E-state index contributed by atoms with van der Waals surface area (Å²) in [5.41, 5.74) is 1.57. The second kappa shape index (κ2) is 7.17. The van der Waals surface area contributed by atoms with Crippen LogP contribution >= 0.6 is 0 Å². The van der Waals surface area contributed by atoms with Crippen molar-refractivity contribution in [2.45, 2.75) is 59.4 Å². The van der Waals surface area contributed by atoms with Crippen LogP contribution < -0.4 is 10.1 Å². The molecule has 122 valence electrons. The van der Waals surface area contributed by atoms with Gasteiger partial charge in [0.05, 0.1) is 0 Å². The number of nitrogens with one attached hydrogen (secondary N) is 1. The van der Waals surface area contributed by atoms with Crippen LogP contribution in [0.25, 0.3) is 0 Å². The monoisotopic (exact) mass is 303 g/mol. The molecule has 1 N–H and O–H groups in total. The number of ether oxygens (including phenoxy) is 1. The highest BCUT2D eigenvalue weighted by molar-refractivity contribution is 5.77. The first-order valence-electron chi connectivity index (χ1n) is 8.33. The number of amides is 1. The maximum Gasteiger partial charge on any atom is 0.258 e. The van der Waals surface area contributed by atoms with Gasteiger partial charge < -0.3 is 10.1 Å². The Bertz CT molecular complexity index is 479. The molecule has 22 heavy (non-hydrogen) atoms. The molecule has 3 heteroatoms. The van der Waals surface area contributed by atoms with Crippen LogP contribution in [0.5, 0.6) is 5.75 Å². The summed E-state index contributed by atoms with van der Waals surface area (Å²) in [6.45, 7) is 9.07.